The maximum Gasteiger partial charge on any atom is 0.262 e. The molecule has 0 aliphatic rings. The topological polar surface area (TPSA) is 67.4 Å². The molecule has 2 rings (SSSR count). The van der Waals surface area contributed by atoms with Gasteiger partial charge >= 0.3 is 0 Å². The Bertz CT molecular complexity index is 702. The van der Waals surface area contributed by atoms with Crippen LogP contribution in [-0.2, 0) is 4.79 Å². The van der Waals surface area contributed by atoms with Gasteiger partial charge < -0.3 is 15.4 Å². The number of thioether (sulfide) groups is 1. The predicted octanol–water partition coefficient (Wildman–Crippen LogP) is 3.18. The van der Waals surface area contributed by atoms with Gasteiger partial charge in [-0.2, -0.15) is 0 Å². The molecule has 0 saturated heterocycles. The quantitative estimate of drug-likeness (QED) is 0.757. The van der Waals surface area contributed by atoms with Gasteiger partial charge in [-0.15, -0.1) is 11.8 Å². The zero-order valence-corrected chi connectivity index (χ0v) is 14.5. The summed E-state index contributed by atoms with van der Waals surface area (Å²) in [6.45, 7) is 2.31. The molecular formula is C18H20N2O3S. The van der Waals surface area contributed by atoms with Crippen molar-refractivity contribution >= 4 is 29.3 Å². The fourth-order valence-corrected chi connectivity index (χ4v) is 2.43. The molecule has 2 amide bonds. The molecule has 5 nitrogen and oxygen atoms in total. The van der Waals surface area contributed by atoms with E-state index >= 15 is 0 Å². The number of rotatable bonds is 7. The molecular weight excluding hydrogens is 324 g/mol. The van der Waals surface area contributed by atoms with Crippen LogP contribution < -0.4 is 15.4 Å². The fraction of sp³-hybridized carbons (Fsp3) is 0.222. The highest BCUT2D eigenvalue weighted by atomic mass is 32.2. The molecule has 0 aliphatic carbocycles. The molecule has 2 N–H and O–H groups in total. The Morgan fingerprint density at radius 2 is 1.88 bits per heavy atom. The summed E-state index contributed by atoms with van der Waals surface area (Å²) in [7, 11) is 0. The molecule has 0 aromatic heterocycles. The van der Waals surface area contributed by atoms with Crippen LogP contribution in [0.4, 0.5) is 5.69 Å². The number of ether oxygens (including phenoxy) is 1. The lowest BCUT2D eigenvalue weighted by atomic mass is 10.2. The number of anilines is 1. The second-order valence-corrected chi connectivity index (χ2v) is 5.83. The number of hydrogen-bond donors (Lipinski definition) is 2. The molecule has 0 aliphatic heterocycles. The Morgan fingerprint density at radius 3 is 2.54 bits per heavy atom. The molecule has 126 valence electrons. The van der Waals surface area contributed by atoms with Gasteiger partial charge in [-0.25, -0.2) is 0 Å². The number of nitrogens with one attached hydrogen (secondary N) is 2. The lowest BCUT2D eigenvalue weighted by molar-refractivity contribution is -0.118. The van der Waals surface area contributed by atoms with Gasteiger partial charge in [-0.3, -0.25) is 9.59 Å². The van der Waals surface area contributed by atoms with E-state index in [1.807, 2.05) is 37.4 Å². The Kier molecular flexibility index (Phi) is 6.69. The van der Waals surface area contributed by atoms with Gasteiger partial charge in [0.1, 0.15) is 5.75 Å². The van der Waals surface area contributed by atoms with Crippen LogP contribution in [-0.4, -0.2) is 31.2 Å². The Hall–Kier alpha value is -2.47. The van der Waals surface area contributed by atoms with Crippen molar-refractivity contribution in [2.45, 2.75) is 11.8 Å². The Balaban J connectivity index is 1.89. The lowest BCUT2D eigenvalue weighted by Crippen LogP contribution is -2.23. The summed E-state index contributed by atoms with van der Waals surface area (Å²) in [6.07, 6.45) is 2.00. The van der Waals surface area contributed by atoms with E-state index in [0.29, 0.717) is 23.5 Å². The number of amides is 2. The maximum atomic E-state index is 12.0. The standard InChI is InChI=1S/C18H20N2O3S/c1-3-19-18(22)13-5-4-6-14(11-13)20-17(21)12-23-15-7-9-16(24-2)10-8-15/h4-11H,3,12H2,1-2H3,(H,19,22)(H,20,21). The molecule has 0 fully saturated rings. The van der Waals surface area contributed by atoms with Gasteiger partial charge in [0.05, 0.1) is 0 Å². The van der Waals surface area contributed by atoms with Crippen molar-refractivity contribution in [3.8, 4) is 5.75 Å². The third kappa shape index (κ3) is 5.31. The minimum atomic E-state index is -0.281. The van der Waals surface area contributed by atoms with Crippen molar-refractivity contribution in [2.75, 3.05) is 24.7 Å². The van der Waals surface area contributed by atoms with E-state index in [4.69, 9.17) is 4.74 Å². The summed E-state index contributed by atoms with van der Waals surface area (Å²) in [5, 5.41) is 5.44. The zero-order valence-electron chi connectivity index (χ0n) is 13.7. The van der Waals surface area contributed by atoms with Gasteiger partial charge in [0, 0.05) is 22.7 Å². The van der Waals surface area contributed by atoms with Gasteiger partial charge in [-0.05, 0) is 55.6 Å². The van der Waals surface area contributed by atoms with Gasteiger partial charge in [-0.1, -0.05) is 6.07 Å². The average Bonchev–Trinajstić information content (AvgIpc) is 2.61. The highest BCUT2D eigenvalue weighted by Crippen LogP contribution is 2.19. The molecule has 2 aromatic rings. The fourth-order valence-electron chi connectivity index (χ4n) is 2.02. The molecule has 6 heteroatoms. The molecule has 0 spiro atoms. The molecule has 2 aromatic carbocycles. The summed E-state index contributed by atoms with van der Waals surface area (Å²) in [6, 6.07) is 14.3. The SMILES string of the molecule is CCNC(=O)c1cccc(NC(=O)COc2ccc(SC)cc2)c1. The first-order valence-corrected chi connectivity index (χ1v) is 8.80. The first kappa shape index (κ1) is 17.9. The summed E-state index contributed by atoms with van der Waals surface area (Å²) >= 11 is 1.64. The Morgan fingerprint density at radius 1 is 1.12 bits per heavy atom. The number of hydrogen-bond acceptors (Lipinski definition) is 4. The highest BCUT2D eigenvalue weighted by Gasteiger charge is 2.08. The number of carbonyl (C=O) groups is 2. The molecule has 0 heterocycles. The van der Waals surface area contributed by atoms with Crippen LogP contribution in [0.1, 0.15) is 17.3 Å². The second kappa shape index (κ2) is 8.98. The lowest BCUT2D eigenvalue weighted by Gasteiger charge is -2.09. The van der Waals surface area contributed by atoms with Gasteiger partial charge in [0.15, 0.2) is 6.61 Å². The van der Waals surface area contributed by atoms with Crippen LogP contribution >= 0.6 is 11.8 Å². The van der Waals surface area contributed by atoms with E-state index in [0.717, 1.165) is 4.90 Å². The van der Waals surface area contributed by atoms with Crippen molar-refractivity contribution in [3.05, 3.63) is 54.1 Å². The van der Waals surface area contributed by atoms with E-state index in [1.54, 1.807) is 36.0 Å². The first-order valence-electron chi connectivity index (χ1n) is 7.57. The van der Waals surface area contributed by atoms with Crippen LogP contribution in [0.3, 0.4) is 0 Å². The summed E-state index contributed by atoms with van der Waals surface area (Å²) in [5.41, 5.74) is 1.06. The van der Waals surface area contributed by atoms with E-state index < -0.39 is 0 Å². The largest absolute Gasteiger partial charge is 0.484 e. The van der Waals surface area contributed by atoms with Crippen LogP contribution in [0.15, 0.2) is 53.4 Å². The second-order valence-electron chi connectivity index (χ2n) is 4.95. The van der Waals surface area contributed by atoms with E-state index in [1.165, 1.54) is 0 Å². The normalized spacial score (nSPS) is 10.1. The van der Waals surface area contributed by atoms with Crippen LogP contribution in [0.2, 0.25) is 0 Å². The molecule has 0 unspecified atom stereocenters. The van der Waals surface area contributed by atoms with Crippen LogP contribution in [0.5, 0.6) is 5.75 Å². The third-order valence-electron chi connectivity index (χ3n) is 3.18. The first-order chi connectivity index (χ1) is 11.6. The van der Waals surface area contributed by atoms with Crippen molar-refractivity contribution in [1.29, 1.82) is 0 Å². The molecule has 24 heavy (non-hydrogen) atoms. The minimum absolute atomic E-state index is 0.0933. The highest BCUT2D eigenvalue weighted by molar-refractivity contribution is 7.98. The van der Waals surface area contributed by atoms with Gasteiger partial charge in [0.2, 0.25) is 0 Å². The van der Waals surface area contributed by atoms with Gasteiger partial charge in [0.25, 0.3) is 11.8 Å². The van der Waals surface area contributed by atoms with Crippen LogP contribution in [0, 0.1) is 0 Å². The monoisotopic (exact) mass is 344 g/mol. The minimum Gasteiger partial charge on any atom is -0.484 e. The molecule has 0 radical (unpaired) electrons. The van der Waals surface area contributed by atoms with Crippen molar-refractivity contribution < 1.29 is 14.3 Å². The number of benzene rings is 2. The van der Waals surface area contributed by atoms with Crippen molar-refractivity contribution in [3.63, 3.8) is 0 Å². The third-order valence-corrected chi connectivity index (χ3v) is 3.92. The van der Waals surface area contributed by atoms with E-state index in [2.05, 4.69) is 10.6 Å². The number of carbonyl (C=O) groups excluding carboxylic acids is 2. The van der Waals surface area contributed by atoms with Crippen LogP contribution in [0.25, 0.3) is 0 Å². The molecule has 0 atom stereocenters. The average molecular weight is 344 g/mol. The Labute approximate surface area is 145 Å². The van der Waals surface area contributed by atoms with E-state index in [-0.39, 0.29) is 18.4 Å². The van der Waals surface area contributed by atoms with E-state index in [9.17, 15) is 9.59 Å². The molecule has 0 saturated carbocycles. The zero-order chi connectivity index (χ0) is 17.4. The smallest absolute Gasteiger partial charge is 0.262 e. The summed E-state index contributed by atoms with van der Waals surface area (Å²) in [4.78, 5) is 24.9. The maximum absolute atomic E-state index is 12.0. The van der Waals surface area contributed by atoms with Crippen molar-refractivity contribution in [2.24, 2.45) is 0 Å². The predicted molar refractivity (Wildman–Crippen MR) is 96.8 cm³/mol. The molecule has 0 bridgehead atoms. The summed E-state index contributed by atoms with van der Waals surface area (Å²) < 4.78 is 5.46. The summed E-state index contributed by atoms with van der Waals surface area (Å²) in [5.74, 6) is 0.190. The van der Waals surface area contributed by atoms with Crippen molar-refractivity contribution in [1.82, 2.24) is 5.32 Å².